The molecule has 10 heteroatoms. The van der Waals surface area contributed by atoms with Crippen molar-refractivity contribution in [3.63, 3.8) is 0 Å². The van der Waals surface area contributed by atoms with Crippen molar-refractivity contribution >= 4 is 21.7 Å². The lowest BCUT2D eigenvalue weighted by Crippen LogP contribution is -2.49. The Balaban J connectivity index is 1.89. The van der Waals surface area contributed by atoms with Crippen molar-refractivity contribution in [1.82, 2.24) is 19.4 Å². The Morgan fingerprint density at radius 3 is 2.76 bits per heavy atom. The highest BCUT2D eigenvalue weighted by atomic mass is 32.2. The van der Waals surface area contributed by atoms with Crippen molar-refractivity contribution in [1.29, 1.82) is 0 Å². The number of hydrogen-bond acceptors (Lipinski definition) is 5. The number of hydrogen-bond donors (Lipinski definition) is 2. The maximum Gasteiger partial charge on any atom is 0.319 e. The summed E-state index contributed by atoms with van der Waals surface area (Å²) in [7, 11) is -3.25. The number of ether oxygens (including phenoxy) is 1. The number of aryl methyl sites for hydroxylation is 2. The first kappa shape index (κ1) is 19.7. The molecular formula is C15H27N5O4S. The van der Waals surface area contributed by atoms with Crippen LogP contribution in [0.3, 0.4) is 0 Å². The fraction of sp³-hybridized carbons (Fsp3) is 0.733. The fourth-order valence-corrected chi connectivity index (χ4v) is 3.63. The molecule has 0 bridgehead atoms. The van der Waals surface area contributed by atoms with Crippen LogP contribution in [0.1, 0.15) is 24.7 Å². The van der Waals surface area contributed by atoms with Crippen LogP contribution in [-0.4, -0.2) is 67.1 Å². The summed E-state index contributed by atoms with van der Waals surface area (Å²) < 4.78 is 32.0. The van der Waals surface area contributed by atoms with E-state index in [0.717, 1.165) is 24.4 Å². The van der Waals surface area contributed by atoms with Gasteiger partial charge < -0.3 is 15.4 Å². The van der Waals surface area contributed by atoms with Crippen LogP contribution in [0.2, 0.25) is 0 Å². The monoisotopic (exact) mass is 373 g/mol. The average Bonchev–Trinajstić information content (AvgIpc) is 2.80. The molecule has 9 nitrogen and oxygen atoms in total. The zero-order valence-electron chi connectivity index (χ0n) is 15.2. The van der Waals surface area contributed by atoms with Crippen molar-refractivity contribution in [2.45, 2.75) is 39.8 Å². The van der Waals surface area contributed by atoms with Crippen LogP contribution in [-0.2, 0) is 21.3 Å². The predicted molar refractivity (Wildman–Crippen MR) is 95.2 cm³/mol. The minimum Gasteiger partial charge on any atom is -0.374 e. The van der Waals surface area contributed by atoms with Gasteiger partial charge >= 0.3 is 6.03 Å². The molecule has 2 N–H and O–H groups in total. The summed E-state index contributed by atoms with van der Waals surface area (Å²) in [6.07, 6.45) is 1.78. The summed E-state index contributed by atoms with van der Waals surface area (Å²) >= 11 is 0. The lowest BCUT2D eigenvalue weighted by molar-refractivity contribution is 0.00167. The van der Waals surface area contributed by atoms with E-state index in [-0.39, 0.29) is 25.2 Å². The maximum atomic E-state index is 12.2. The summed E-state index contributed by atoms with van der Waals surface area (Å²) in [5.41, 5.74) is 2.37. The van der Waals surface area contributed by atoms with Crippen molar-refractivity contribution < 1.29 is 17.9 Å². The van der Waals surface area contributed by atoms with E-state index in [0.29, 0.717) is 18.8 Å². The molecule has 1 atom stereocenters. The van der Waals surface area contributed by atoms with Crippen LogP contribution in [0.25, 0.3) is 0 Å². The zero-order valence-corrected chi connectivity index (χ0v) is 16.0. The van der Waals surface area contributed by atoms with Gasteiger partial charge in [0.2, 0.25) is 10.0 Å². The van der Waals surface area contributed by atoms with E-state index in [4.69, 9.17) is 4.74 Å². The standard InChI is InChI=1S/C15H27N5O4S/c1-5-6-20-12(3)14(11(2)18-20)17-15(21)16-9-13-10-19(7-8-24-13)25(4,22)23/h13H,5-10H2,1-4H3,(H2,16,17,21)/t13-/m1/s1. The van der Waals surface area contributed by atoms with Crippen LogP contribution < -0.4 is 10.6 Å². The van der Waals surface area contributed by atoms with Gasteiger partial charge in [0.1, 0.15) is 0 Å². The Hall–Kier alpha value is -1.65. The van der Waals surface area contributed by atoms with Gasteiger partial charge in [0, 0.05) is 26.2 Å². The molecular weight excluding hydrogens is 346 g/mol. The Bertz CT molecular complexity index is 716. The van der Waals surface area contributed by atoms with Crippen molar-refractivity contribution in [2.75, 3.05) is 37.8 Å². The van der Waals surface area contributed by atoms with Crippen molar-refractivity contribution in [3.8, 4) is 0 Å². The minimum absolute atomic E-state index is 0.235. The topological polar surface area (TPSA) is 106 Å². The first-order valence-electron chi connectivity index (χ1n) is 8.38. The first-order chi connectivity index (χ1) is 11.7. The Kier molecular flexibility index (Phi) is 6.42. The van der Waals surface area contributed by atoms with Crippen molar-refractivity contribution in [2.24, 2.45) is 0 Å². The molecule has 0 aliphatic carbocycles. The van der Waals surface area contributed by atoms with E-state index in [1.165, 1.54) is 10.6 Å². The lowest BCUT2D eigenvalue weighted by Gasteiger charge is -2.31. The number of sulfonamides is 1. The SMILES string of the molecule is CCCn1nc(C)c(NC(=O)NC[C@@H]2CN(S(C)(=O)=O)CCO2)c1C. The molecule has 0 unspecified atom stereocenters. The molecule has 25 heavy (non-hydrogen) atoms. The second kappa shape index (κ2) is 8.15. The molecule has 2 amide bonds. The second-order valence-electron chi connectivity index (χ2n) is 6.22. The summed E-state index contributed by atoms with van der Waals surface area (Å²) in [6, 6.07) is -0.359. The third kappa shape index (κ3) is 5.16. The third-order valence-electron chi connectivity index (χ3n) is 4.12. The maximum absolute atomic E-state index is 12.2. The van der Waals surface area contributed by atoms with E-state index in [1.54, 1.807) is 0 Å². The Morgan fingerprint density at radius 1 is 1.40 bits per heavy atom. The van der Waals surface area contributed by atoms with Gasteiger partial charge in [-0.2, -0.15) is 9.40 Å². The number of nitrogens with zero attached hydrogens (tertiary/aromatic N) is 3. The molecule has 2 rings (SSSR count). The van der Waals surface area contributed by atoms with Crippen LogP contribution >= 0.6 is 0 Å². The number of nitrogens with one attached hydrogen (secondary N) is 2. The van der Waals surface area contributed by atoms with E-state index >= 15 is 0 Å². The van der Waals surface area contributed by atoms with Gasteiger partial charge in [-0.1, -0.05) is 6.92 Å². The number of morpholine rings is 1. The van der Waals surface area contributed by atoms with Crippen molar-refractivity contribution in [3.05, 3.63) is 11.4 Å². The molecule has 0 aromatic carbocycles. The molecule has 1 aliphatic rings. The van der Waals surface area contributed by atoms with Gasteiger partial charge in [-0.3, -0.25) is 4.68 Å². The summed E-state index contributed by atoms with van der Waals surface area (Å²) in [5.74, 6) is 0. The smallest absolute Gasteiger partial charge is 0.319 e. The molecule has 1 aromatic heterocycles. The highest BCUT2D eigenvalue weighted by molar-refractivity contribution is 7.88. The van der Waals surface area contributed by atoms with E-state index in [9.17, 15) is 13.2 Å². The Labute approximate surface area is 148 Å². The van der Waals surface area contributed by atoms with Gasteiger partial charge in [-0.25, -0.2) is 13.2 Å². The van der Waals surface area contributed by atoms with Gasteiger partial charge in [0.05, 0.1) is 36.0 Å². The molecule has 1 saturated heterocycles. The molecule has 1 aliphatic heterocycles. The van der Waals surface area contributed by atoms with Gasteiger partial charge in [0.25, 0.3) is 0 Å². The highest BCUT2D eigenvalue weighted by Crippen LogP contribution is 2.19. The molecule has 1 aromatic rings. The van der Waals surface area contributed by atoms with Crippen LogP contribution in [0, 0.1) is 13.8 Å². The highest BCUT2D eigenvalue weighted by Gasteiger charge is 2.26. The normalized spacial score (nSPS) is 19.0. The molecule has 1 fully saturated rings. The first-order valence-corrected chi connectivity index (χ1v) is 10.2. The van der Waals surface area contributed by atoms with Crippen LogP contribution in [0.5, 0.6) is 0 Å². The van der Waals surface area contributed by atoms with Crippen LogP contribution in [0.4, 0.5) is 10.5 Å². The molecule has 0 saturated carbocycles. The van der Waals surface area contributed by atoms with E-state index in [2.05, 4.69) is 22.7 Å². The summed E-state index contributed by atoms with van der Waals surface area (Å²) in [6.45, 7) is 7.78. The quantitative estimate of drug-likeness (QED) is 0.763. The number of carbonyl (C=O) groups is 1. The number of anilines is 1. The minimum atomic E-state index is -3.25. The Morgan fingerprint density at radius 2 is 2.12 bits per heavy atom. The van der Waals surface area contributed by atoms with Gasteiger partial charge in [-0.05, 0) is 20.3 Å². The zero-order chi connectivity index (χ0) is 18.6. The summed E-state index contributed by atoms with van der Waals surface area (Å²) in [5, 5.41) is 9.97. The largest absolute Gasteiger partial charge is 0.374 e. The van der Waals surface area contributed by atoms with Gasteiger partial charge in [-0.15, -0.1) is 0 Å². The molecule has 0 radical (unpaired) electrons. The number of carbonyl (C=O) groups excluding carboxylic acids is 1. The average molecular weight is 373 g/mol. The fourth-order valence-electron chi connectivity index (χ4n) is 2.79. The second-order valence-corrected chi connectivity index (χ2v) is 8.20. The molecule has 2 heterocycles. The van der Waals surface area contributed by atoms with E-state index in [1.807, 2.05) is 18.5 Å². The molecule has 0 spiro atoms. The van der Waals surface area contributed by atoms with Gasteiger partial charge in [0.15, 0.2) is 0 Å². The third-order valence-corrected chi connectivity index (χ3v) is 5.39. The number of amides is 2. The molecule has 142 valence electrons. The summed E-state index contributed by atoms with van der Waals surface area (Å²) in [4.78, 5) is 12.2. The lowest BCUT2D eigenvalue weighted by atomic mass is 10.3. The number of rotatable bonds is 6. The predicted octanol–water partition coefficient (Wildman–Crippen LogP) is 0.692. The number of urea groups is 1. The van der Waals surface area contributed by atoms with Crippen LogP contribution in [0.15, 0.2) is 0 Å². The van der Waals surface area contributed by atoms with E-state index < -0.39 is 10.0 Å². The number of aromatic nitrogens is 2.